The molecular weight excluding hydrogens is 414 g/mol. The Morgan fingerprint density at radius 2 is 1.81 bits per heavy atom. The Bertz CT molecular complexity index is 873. The molecule has 0 aliphatic carbocycles. The molecule has 8 nitrogen and oxygen atoms in total. The average Bonchev–Trinajstić information content (AvgIpc) is 2.60. The maximum Gasteiger partial charge on any atom is 0.415 e. The Hall–Kier alpha value is -2.42. The lowest BCUT2D eigenvalue weighted by molar-refractivity contribution is -0.163. The first-order valence-corrected chi connectivity index (χ1v) is 13.4. The van der Waals surface area contributed by atoms with Gasteiger partial charge in [0, 0.05) is 13.2 Å². The number of anilines is 1. The van der Waals surface area contributed by atoms with Crippen molar-refractivity contribution in [1.82, 2.24) is 9.55 Å². The van der Waals surface area contributed by atoms with Gasteiger partial charge in [0.15, 0.2) is 8.24 Å². The number of pyridine rings is 1. The molecule has 0 unspecified atom stereocenters. The van der Waals surface area contributed by atoms with E-state index in [-0.39, 0.29) is 17.4 Å². The molecule has 1 aliphatic rings. The predicted molar refractivity (Wildman–Crippen MR) is 122 cm³/mol. The van der Waals surface area contributed by atoms with Gasteiger partial charge in [0.1, 0.15) is 17.5 Å². The quantitative estimate of drug-likeness (QED) is 0.540. The van der Waals surface area contributed by atoms with Gasteiger partial charge < -0.3 is 14.4 Å². The van der Waals surface area contributed by atoms with Gasteiger partial charge in [0.25, 0.3) is 0 Å². The summed E-state index contributed by atoms with van der Waals surface area (Å²) >= 11 is 0. The largest absolute Gasteiger partial charge is 0.480 e. The molecule has 9 heteroatoms. The number of rotatable bonds is 5. The van der Waals surface area contributed by atoms with Crippen LogP contribution >= 0.6 is 0 Å². The molecule has 1 aromatic rings. The normalized spacial score (nSPS) is 19.6. The zero-order valence-electron chi connectivity index (χ0n) is 20.0. The maximum atomic E-state index is 13.1. The molecule has 1 aliphatic heterocycles. The Morgan fingerprint density at radius 1 is 1.23 bits per heavy atom. The van der Waals surface area contributed by atoms with E-state index in [0.717, 1.165) is 5.56 Å². The molecule has 31 heavy (non-hydrogen) atoms. The van der Waals surface area contributed by atoms with Gasteiger partial charge in [-0.2, -0.15) is 0 Å². The monoisotopic (exact) mass is 449 g/mol. The maximum absolute atomic E-state index is 13.1. The van der Waals surface area contributed by atoms with Crippen molar-refractivity contribution in [3.63, 3.8) is 0 Å². The third-order valence-electron chi connectivity index (χ3n) is 6.18. The molecule has 2 atom stereocenters. The molecule has 0 spiro atoms. The van der Waals surface area contributed by atoms with Crippen molar-refractivity contribution in [3.8, 4) is 0 Å². The first-order valence-electron chi connectivity index (χ1n) is 10.4. The number of hydrogen-bond acceptors (Lipinski definition) is 5. The van der Waals surface area contributed by atoms with Crippen LogP contribution in [0.2, 0.25) is 18.1 Å². The standard InChI is InChI=1S/C22H35N3O5Si/c1-21(2,3)30-20(29)24(7)16-13-14(10-11-23-16)12-15-17(19(27)28)25(18(15)26)31(8,9)22(4,5)6/h10-11,13,15,17H,12H2,1-9H3,(H,27,28)/t15-,17+/m1/s1. The van der Waals surface area contributed by atoms with E-state index in [0.29, 0.717) is 5.82 Å². The van der Waals surface area contributed by atoms with E-state index < -0.39 is 37.9 Å². The van der Waals surface area contributed by atoms with Gasteiger partial charge in [0.2, 0.25) is 5.91 Å². The Labute approximate surface area is 185 Å². The van der Waals surface area contributed by atoms with Gasteiger partial charge in [-0.25, -0.2) is 14.6 Å². The van der Waals surface area contributed by atoms with E-state index in [2.05, 4.69) is 25.8 Å². The number of carboxylic acid groups (broad SMARTS) is 1. The first-order chi connectivity index (χ1) is 14.0. The molecule has 0 aromatic carbocycles. The van der Waals surface area contributed by atoms with Gasteiger partial charge in [-0.05, 0) is 49.9 Å². The van der Waals surface area contributed by atoms with Crippen LogP contribution in [-0.2, 0) is 20.7 Å². The SMILES string of the molecule is CN(C(=O)OC(C)(C)C)c1cc(C[C@H]2C(=O)N([Si](C)(C)C(C)(C)C)[C@@H]2C(=O)O)ccn1. The minimum absolute atomic E-state index is 0.113. The summed E-state index contributed by atoms with van der Waals surface area (Å²) in [5, 5.41) is 9.72. The number of amides is 2. The van der Waals surface area contributed by atoms with Crippen LogP contribution in [0.3, 0.4) is 0 Å². The molecule has 2 heterocycles. The molecule has 0 bridgehead atoms. The van der Waals surface area contributed by atoms with Gasteiger partial charge >= 0.3 is 12.1 Å². The Kier molecular flexibility index (Phi) is 6.62. The number of aromatic nitrogens is 1. The van der Waals surface area contributed by atoms with Crippen molar-refractivity contribution < 1.29 is 24.2 Å². The van der Waals surface area contributed by atoms with Crippen LogP contribution in [0.5, 0.6) is 0 Å². The summed E-state index contributed by atoms with van der Waals surface area (Å²) in [6.45, 7) is 15.6. The van der Waals surface area contributed by atoms with E-state index in [1.54, 1.807) is 50.7 Å². The van der Waals surface area contributed by atoms with Crippen LogP contribution in [0.15, 0.2) is 18.3 Å². The zero-order chi connectivity index (χ0) is 23.9. The number of hydrogen-bond donors (Lipinski definition) is 1. The molecule has 0 radical (unpaired) electrons. The number of ether oxygens (including phenoxy) is 1. The topological polar surface area (TPSA) is 100 Å². The van der Waals surface area contributed by atoms with Crippen LogP contribution in [0.4, 0.5) is 10.6 Å². The second-order valence-corrected chi connectivity index (χ2v) is 15.8. The van der Waals surface area contributed by atoms with Crippen molar-refractivity contribution in [2.24, 2.45) is 5.92 Å². The van der Waals surface area contributed by atoms with Gasteiger partial charge in [-0.1, -0.05) is 33.9 Å². The molecule has 172 valence electrons. The summed E-state index contributed by atoms with van der Waals surface area (Å²) in [5.74, 6) is -1.34. The van der Waals surface area contributed by atoms with E-state index in [1.165, 1.54) is 4.90 Å². The molecular formula is C22H35N3O5Si. The molecule has 1 N–H and O–H groups in total. The fraction of sp³-hybridized carbons (Fsp3) is 0.636. The van der Waals surface area contributed by atoms with Crippen LogP contribution in [0.25, 0.3) is 0 Å². The van der Waals surface area contributed by atoms with Crippen molar-refractivity contribution in [2.75, 3.05) is 11.9 Å². The van der Waals surface area contributed by atoms with E-state index in [9.17, 15) is 19.5 Å². The van der Waals surface area contributed by atoms with Crippen LogP contribution < -0.4 is 4.90 Å². The number of nitrogens with zero attached hydrogens (tertiary/aromatic N) is 3. The molecule has 0 saturated carbocycles. The number of aliphatic carboxylic acids is 1. The van der Waals surface area contributed by atoms with Crippen LogP contribution in [0, 0.1) is 5.92 Å². The Morgan fingerprint density at radius 3 is 2.29 bits per heavy atom. The summed E-state index contributed by atoms with van der Waals surface area (Å²) in [5.41, 5.74) is 0.114. The summed E-state index contributed by atoms with van der Waals surface area (Å²) in [6.07, 6.45) is 1.29. The summed E-state index contributed by atoms with van der Waals surface area (Å²) in [6, 6.07) is 2.60. The van der Waals surface area contributed by atoms with E-state index in [4.69, 9.17) is 4.74 Å². The highest BCUT2D eigenvalue weighted by Crippen LogP contribution is 2.45. The number of β-lactam (4-membered cyclic amide) rings is 1. The van der Waals surface area contributed by atoms with Crippen molar-refractivity contribution in [3.05, 3.63) is 23.9 Å². The molecule has 1 fully saturated rings. The van der Waals surface area contributed by atoms with Crippen LogP contribution in [0.1, 0.15) is 47.1 Å². The van der Waals surface area contributed by atoms with Crippen molar-refractivity contribution in [2.45, 2.75) is 77.7 Å². The predicted octanol–water partition coefficient (Wildman–Crippen LogP) is 3.91. The lowest BCUT2D eigenvalue weighted by Crippen LogP contribution is -2.75. The highest BCUT2D eigenvalue weighted by atomic mass is 28.3. The minimum atomic E-state index is -2.31. The third kappa shape index (κ3) is 5.08. The zero-order valence-corrected chi connectivity index (χ0v) is 21.0. The van der Waals surface area contributed by atoms with Crippen molar-refractivity contribution >= 4 is 32.0 Å². The van der Waals surface area contributed by atoms with Gasteiger partial charge in [-0.3, -0.25) is 9.69 Å². The minimum Gasteiger partial charge on any atom is -0.480 e. The van der Waals surface area contributed by atoms with Gasteiger partial charge in [0.05, 0.1) is 5.92 Å². The number of carboxylic acids is 1. The molecule has 2 rings (SSSR count). The fourth-order valence-corrected chi connectivity index (χ4v) is 5.89. The molecule has 1 saturated heterocycles. The second kappa shape index (κ2) is 8.25. The first kappa shape index (κ1) is 24.8. The lowest BCUT2D eigenvalue weighted by Gasteiger charge is -2.56. The molecule has 1 aromatic heterocycles. The fourth-order valence-electron chi connectivity index (χ4n) is 3.46. The summed E-state index contributed by atoms with van der Waals surface area (Å²) in [4.78, 5) is 43.0. The van der Waals surface area contributed by atoms with E-state index in [1.807, 2.05) is 13.1 Å². The number of carbonyl (C=O) groups excluding carboxylic acids is 2. The third-order valence-corrected chi connectivity index (χ3v) is 11.6. The van der Waals surface area contributed by atoms with Crippen molar-refractivity contribution in [1.29, 1.82) is 0 Å². The van der Waals surface area contributed by atoms with Gasteiger partial charge in [-0.15, -0.1) is 0 Å². The number of carbonyl (C=O) groups is 3. The lowest BCUT2D eigenvalue weighted by atomic mass is 9.85. The smallest absolute Gasteiger partial charge is 0.415 e. The van der Waals surface area contributed by atoms with E-state index >= 15 is 0 Å². The summed E-state index contributed by atoms with van der Waals surface area (Å²) < 4.78 is 7.00. The summed E-state index contributed by atoms with van der Waals surface area (Å²) in [7, 11) is -0.751. The molecule has 2 amide bonds. The van der Waals surface area contributed by atoms with Crippen LogP contribution in [-0.4, -0.2) is 59.6 Å². The highest BCUT2D eigenvalue weighted by molar-refractivity contribution is 6.80. The Balaban J connectivity index is 2.23. The second-order valence-electron chi connectivity index (χ2n) is 10.7. The average molecular weight is 450 g/mol. The highest BCUT2D eigenvalue weighted by Gasteiger charge is 2.59.